The summed E-state index contributed by atoms with van der Waals surface area (Å²) in [5.74, 6) is 0.786. The van der Waals surface area contributed by atoms with E-state index in [9.17, 15) is 5.11 Å². The molecule has 0 saturated carbocycles. The minimum absolute atomic E-state index is 0.0828. The highest BCUT2D eigenvalue weighted by Crippen LogP contribution is 2.37. The van der Waals surface area contributed by atoms with Crippen LogP contribution in [0.3, 0.4) is 0 Å². The molecule has 1 aliphatic heterocycles. The van der Waals surface area contributed by atoms with Crippen LogP contribution in [0.5, 0.6) is 5.75 Å². The predicted octanol–water partition coefficient (Wildman–Crippen LogP) is 1.02. The van der Waals surface area contributed by atoms with E-state index in [1.807, 2.05) is 31.9 Å². The number of aliphatic hydroxyl groups excluding tert-OH is 2. The van der Waals surface area contributed by atoms with E-state index in [0.717, 1.165) is 22.4 Å². The van der Waals surface area contributed by atoms with Crippen molar-refractivity contribution in [2.24, 2.45) is 0 Å². The monoisotopic (exact) mass is 251 g/mol. The van der Waals surface area contributed by atoms with E-state index in [2.05, 4.69) is 6.07 Å². The molecule has 1 aromatic carbocycles. The Morgan fingerprint density at radius 1 is 1.39 bits per heavy atom. The lowest BCUT2D eigenvalue weighted by atomic mass is 9.93. The van der Waals surface area contributed by atoms with Crippen LogP contribution in [0.15, 0.2) is 12.1 Å². The van der Waals surface area contributed by atoms with Crippen molar-refractivity contribution in [1.82, 2.24) is 4.90 Å². The van der Waals surface area contributed by atoms with E-state index >= 15 is 0 Å². The molecule has 4 heteroatoms. The van der Waals surface area contributed by atoms with Gasteiger partial charge in [0.15, 0.2) is 0 Å². The van der Waals surface area contributed by atoms with Crippen LogP contribution in [0.25, 0.3) is 0 Å². The summed E-state index contributed by atoms with van der Waals surface area (Å²) in [6.45, 7) is 5.08. The molecule has 2 unspecified atom stereocenters. The molecule has 2 N–H and O–H groups in total. The van der Waals surface area contributed by atoms with E-state index in [1.54, 1.807) is 0 Å². The molecule has 0 aliphatic carbocycles. The van der Waals surface area contributed by atoms with E-state index in [0.29, 0.717) is 13.2 Å². The molecule has 0 bridgehead atoms. The molecule has 0 spiro atoms. The Bertz CT molecular complexity index is 433. The molecule has 4 nitrogen and oxygen atoms in total. The molecular weight excluding hydrogens is 230 g/mol. The number of likely N-dealkylation sites (N-methyl/N-ethyl adjacent to an activating group) is 1. The number of benzene rings is 1. The molecule has 18 heavy (non-hydrogen) atoms. The van der Waals surface area contributed by atoms with Gasteiger partial charge in [-0.15, -0.1) is 0 Å². The summed E-state index contributed by atoms with van der Waals surface area (Å²) >= 11 is 0. The fraction of sp³-hybridized carbons (Fsp3) is 0.571. The van der Waals surface area contributed by atoms with Gasteiger partial charge in [-0.3, -0.25) is 4.90 Å². The largest absolute Gasteiger partial charge is 0.491 e. The van der Waals surface area contributed by atoms with Crippen molar-refractivity contribution < 1.29 is 14.9 Å². The Balaban J connectivity index is 2.30. The summed E-state index contributed by atoms with van der Waals surface area (Å²) < 4.78 is 5.75. The maximum Gasteiger partial charge on any atom is 0.125 e. The first-order valence-electron chi connectivity index (χ1n) is 6.27. The highest BCUT2D eigenvalue weighted by Gasteiger charge is 2.33. The van der Waals surface area contributed by atoms with Crippen molar-refractivity contribution in [2.45, 2.75) is 26.0 Å². The Morgan fingerprint density at radius 2 is 2.11 bits per heavy atom. The van der Waals surface area contributed by atoms with Crippen LogP contribution < -0.4 is 4.74 Å². The van der Waals surface area contributed by atoms with Crippen LogP contribution in [0.4, 0.5) is 0 Å². The first kappa shape index (κ1) is 13.3. The second-order valence-corrected chi connectivity index (χ2v) is 5.02. The molecule has 100 valence electrons. The summed E-state index contributed by atoms with van der Waals surface area (Å²) in [6, 6.07) is 3.92. The number of aryl methyl sites for hydroxylation is 2. The predicted molar refractivity (Wildman–Crippen MR) is 69.9 cm³/mol. The van der Waals surface area contributed by atoms with E-state index in [1.165, 1.54) is 0 Å². The van der Waals surface area contributed by atoms with Crippen LogP contribution in [-0.4, -0.2) is 48.0 Å². The molecule has 2 rings (SSSR count). The van der Waals surface area contributed by atoms with Crippen molar-refractivity contribution in [1.29, 1.82) is 0 Å². The SMILES string of the molecule is Cc1cc(C)c2c(c1)OCC(N(C)CCO)C2O. The van der Waals surface area contributed by atoms with Gasteiger partial charge >= 0.3 is 0 Å². The van der Waals surface area contributed by atoms with Gasteiger partial charge in [0.05, 0.1) is 12.6 Å². The van der Waals surface area contributed by atoms with Gasteiger partial charge in [0.2, 0.25) is 0 Å². The third-order valence-corrected chi connectivity index (χ3v) is 3.58. The lowest BCUT2D eigenvalue weighted by Crippen LogP contribution is -2.45. The number of fused-ring (bicyclic) bond motifs is 1. The minimum Gasteiger partial charge on any atom is -0.491 e. The van der Waals surface area contributed by atoms with Crippen molar-refractivity contribution in [3.05, 3.63) is 28.8 Å². The van der Waals surface area contributed by atoms with E-state index in [-0.39, 0.29) is 12.6 Å². The van der Waals surface area contributed by atoms with Gasteiger partial charge in [-0.05, 0) is 38.1 Å². The van der Waals surface area contributed by atoms with Gasteiger partial charge in [-0.2, -0.15) is 0 Å². The van der Waals surface area contributed by atoms with Crippen LogP contribution in [-0.2, 0) is 0 Å². The second kappa shape index (κ2) is 5.26. The van der Waals surface area contributed by atoms with Gasteiger partial charge in [0, 0.05) is 12.1 Å². The fourth-order valence-electron chi connectivity index (χ4n) is 2.59. The smallest absolute Gasteiger partial charge is 0.125 e. The number of aliphatic hydroxyl groups is 2. The zero-order valence-electron chi connectivity index (χ0n) is 11.2. The average molecular weight is 251 g/mol. The maximum absolute atomic E-state index is 10.5. The molecule has 1 aromatic rings. The van der Waals surface area contributed by atoms with Crippen LogP contribution in [0.2, 0.25) is 0 Å². The summed E-state index contributed by atoms with van der Waals surface area (Å²) in [4.78, 5) is 1.94. The number of hydrogen-bond acceptors (Lipinski definition) is 4. The third-order valence-electron chi connectivity index (χ3n) is 3.58. The quantitative estimate of drug-likeness (QED) is 0.842. The molecule has 0 radical (unpaired) electrons. The topological polar surface area (TPSA) is 52.9 Å². The highest BCUT2D eigenvalue weighted by molar-refractivity contribution is 5.46. The fourth-order valence-corrected chi connectivity index (χ4v) is 2.59. The maximum atomic E-state index is 10.5. The number of nitrogens with zero attached hydrogens (tertiary/aromatic N) is 1. The number of ether oxygens (including phenoxy) is 1. The summed E-state index contributed by atoms with van der Waals surface area (Å²) in [7, 11) is 1.89. The lowest BCUT2D eigenvalue weighted by molar-refractivity contribution is 0.00906. The summed E-state index contributed by atoms with van der Waals surface area (Å²) in [5, 5.41) is 19.5. The van der Waals surface area contributed by atoms with Gasteiger partial charge in [-0.25, -0.2) is 0 Å². The zero-order chi connectivity index (χ0) is 13.3. The van der Waals surface area contributed by atoms with Crippen molar-refractivity contribution >= 4 is 0 Å². The standard InChI is InChI=1S/C14H21NO3/c1-9-6-10(2)13-12(7-9)18-8-11(14(13)17)15(3)4-5-16/h6-7,11,14,16-17H,4-5,8H2,1-3H3. The van der Waals surface area contributed by atoms with Crippen molar-refractivity contribution in [2.75, 3.05) is 26.8 Å². The van der Waals surface area contributed by atoms with Crippen LogP contribution in [0, 0.1) is 13.8 Å². The first-order valence-corrected chi connectivity index (χ1v) is 6.27. The normalized spacial score (nSPS) is 22.8. The Hall–Kier alpha value is -1.10. The number of hydrogen-bond donors (Lipinski definition) is 2. The molecule has 1 aliphatic rings. The highest BCUT2D eigenvalue weighted by atomic mass is 16.5. The number of rotatable bonds is 3. The Kier molecular flexibility index (Phi) is 3.90. The average Bonchev–Trinajstić information content (AvgIpc) is 2.28. The molecular formula is C14H21NO3. The van der Waals surface area contributed by atoms with E-state index < -0.39 is 6.10 Å². The Morgan fingerprint density at radius 3 is 2.78 bits per heavy atom. The third kappa shape index (κ3) is 2.36. The van der Waals surface area contributed by atoms with Crippen LogP contribution >= 0.6 is 0 Å². The van der Waals surface area contributed by atoms with Gasteiger partial charge in [0.1, 0.15) is 18.5 Å². The van der Waals surface area contributed by atoms with Gasteiger partial charge in [0.25, 0.3) is 0 Å². The molecule has 2 atom stereocenters. The Labute approximate surface area is 108 Å². The second-order valence-electron chi connectivity index (χ2n) is 5.02. The molecule has 0 saturated heterocycles. The van der Waals surface area contributed by atoms with Gasteiger partial charge < -0.3 is 14.9 Å². The lowest BCUT2D eigenvalue weighted by Gasteiger charge is -2.37. The molecule has 1 heterocycles. The van der Waals surface area contributed by atoms with Crippen molar-refractivity contribution in [3.8, 4) is 5.75 Å². The summed E-state index contributed by atoms with van der Waals surface area (Å²) in [6.07, 6.45) is -0.564. The van der Waals surface area contributed by atoms with E-state index in [4.69, 9.17) is 9.84 Å². The van der Waals surface area contributed by atoms with Crippen molar-refractivity contribution in [3.63, 3.8) is 0 Å². The molecule has 0 fully saturated rings. The summed E-state index contributed by atoms with van der Waals surface area (Å²) in [5.41, 5.74) is 3.07. The van der Waals surface area contributed by atoms with Crippen LogP contribution in [0.1, 0.15) is 22.8 Å². The van der Waals surface area contributed by atoms with Gasteiger partial charge in [-0.1, -0.05) is 6.07 Å². The molecule has 0 amide bonds. The minimum atomic E-state index is -0.564. The first-order chi connectivity index (χ1) is 8.54. The zero-order valence-corrected chi connectivity index (χ0v) is 11.2. The molecule has 0 aromatic heterocycles.